The molecule has 2 aromatic rings. The van der Waals surface area contributed by atoms with E-state index in [9.17, 15) is 5.11 Å². The predicted molar refractivity (Wildman–Crippen MR) is 92.9 cm³/mol. The zero-order chi connectivity index (χ0) is 15.9. The van der Waals surface area contributed by atoms with Crippen molar-refractivity contribution in [3.8, 4) is 11.5 Å². The fraction of sp³-hybridized carbons (Fsp3) is 0.400. The second-order valence-electron chi connectivity index (χ2n) is 6.29. The van der Waals surface area contributed by atoms with Gasteiger partial charge in [0.05, 0.1) is 0 Å². The van der Waals surface area contributed by atoms with Crippen molar-refractivity contribution in [1.82, 2.24) is 4.90 Å². The summed E-state index contributed by atoms with van der Waals surface area (Å²) in [5.41, 5.74) is 1.45. The molecule has 0 bridgehead atoms. The number of likely N-dealkylation sites (tertiary alicyclic amines) is 1. The molecule has 0 unspecified atom stereocenters. The third kappa shape index (κ3) is 4.73. The van der Waals surface area contributed by atoms with E-state index in [1.54, 1.807) is 18.2 Å². The Labute approximate surface area is 138 Å². The fourth-order valence-electron chi connectivity index (χ4n) is 3.23. The van der Waals surface area contributed by atoms with Crippen molar-refractivity contribution in [2.24, 2.45) is 5.92 Å². The zero-order valence-electron chi connectivity index (χ0n) is 13.5. The Balaban J connectivity index is 1.37. The molecule has 1 saturated heterocycles. The van der Waals surface area contributed by atoms with Gasteiger partial charge in [0, 0.05) is 6.54 Å². The molecule has 3 rings (SSSR count). The number of ether oxygens (including phenoxy) is 1. The molecule has 1 N–H and O–H groups in total. The molecule has 1 fully saturated rings. The molecule has 0 radical (unpaired) electrons. The first kappa shape index (κ1) is 15.9. The van der Waals surface area contributed by atoms with Crippen LogP contribution in [0, 0.1) is 5.92 Å². The molecule has 1 heterocycles. The summed E-state index contributed by atoms with van der Waals surface area (Å²) in [6, 6.07) is 17.9. The standard InChI is InChI=1S/C20H25NO2/c22-19-8-4-5-9-20(19)23-15-14-21-12-10-18(11-13-21)16-17-6-2-1-3-7-17/h1-9,18,22H,10-16H2. The van der Waals surface area contributed by atoms with Gasteiger partial charge in [-0.15, -0.1) is 0 Å². The van der Waals surface area contributed by atoms with Gasteiger partial charge >= 0.3 is 0 Å². The molecule has 0 spiro atoms. The lowest BCUT2D eigenvalue weighted by Gasteiger charge is -2.31. The van der Waals surface area contributed by atoms with Crippen LogP contribution in [0.2, 0.25) is 0 Å². The molecule has 3 nitrogen and oxygen atoms in total. The number of aromatic hydroxyl groups is 1. The first-order chi connectivity index (χ1) is 11.3. The first-order valence-electron chi connectivity index (χ1n) is 8.48. The highest BCUT2D eigenvalue weighted by Crippen LogP contribution is 2.25. The summed E-state index contributed by atoms with van der Waals surface area (Å²) in [5.74, 6) is 1.59. The lowest BCUT2D eigenvalue weighted by atomic mass is 9.90. The van der Waals surface area contributed by atoms with Crippen LogP contribution in [0.5, 0.6) is 11.5 Å². The Kier molecular flexibility index (Phi) is 5.54. The van der Waals surface area contributed by atoms with Crippen LogP contribution in [0.25, 0.3) is 0 Å². The van der Waals surface area contributed by atoms with Crippen LogP contribution in [-0.4, -0.2) is 36.2 Å². The maximum absolute atomic E-state index is 9.68. The Bertz CT molecular complexity index is 592. The number of nitrogens with zero attached hydrogens (tertiary/aromatic N) is 1. The SMILES string of the molecule is Oc1ccccc1OCCN1CCC(Cc2ccccc2)CC1. The van der Waals surface area contributed by atoms with Crippen LogP contribution in [0.4, 0.5) is 0 Å². The first-order valence-corrected chi connectivity index (χ1v) is 8.48. The Morgan fingerprint density at radius 3 is 2.39 bits per heavy atom. The van der Waals surface area contributed by atoms with Crippen LogP contribution in [0.15, 0.2) is 54.6 Å². The molecule has 1 aliphatic rings. The largest absolute Gasteiger partial charge is 0.504 e. The van der Waals surface area contributed by atoms with E-state index in [0.29, 0.717) is 12.4 Å². The van der Waals surface area contributed by atoms with Crippen molar-refractivity contribution in [2.45, 2.75) is 19.3 Å². The lowest BCUT2D eigenvalue weighted by molar-refractivity contribution is 0.153. The van der Waals surface area contributed by atoms with Crippen molar-refractivity contribution in [3.63, 3.8) is 0 Å². The number of para-hydroxylation sites is 2. The van der Waals surface area contributed by atoms with Crippen molar-refractivity contribution in [1.29, 1.82) is 0 Å². The predicted octanol–water partition coefficient (Wildman–Crippen LogP) is 3.73. The number of hydrogen-bond donors (Lipinski definition) is 1. The fourth-order valence-corrected chi connectivity index (χ4v) is 3.23. The van der Waals surface area contributed by atoms with E-state index in [2.05, 4.69) is 35.2 Å². The Morgan fingerprint density at radius 2 is 1.65 bits per heavy atom. The number of piperidine rings is 1. The van der Waals surface area contributed by atoms with E-state index in [0.717, 1.165) is 25.6 Å². The highest BCUT2D eigenvalue weighted by molar-refractivity contribution is 5.37. The molecule has 3 heteroatoms. The molecule has 0 saturated carbocycles. The van der Waals surface area contributed by atoms with E-state index in [-0.39, 0.29) is 5.75 Å². The summed E-state index contributed by atoms with van der Waals surface area (Å²) >= 11 is 0. The van der Waals surface area contributed by atoms with Crippen molar-refractivity contribution in [2.75, 3.05) is 26.2 Å². The third-order valence-corrected chi connectivity index (χ3v) is 4.60. The van der Waals surface area contributed by atoms with E-state index in [1.807, 2.05) is 6.07 Å². The maximum Gasteiger partial charge on any atom is 0.160 e. The number of phenols is 1. The average molecular weight is 311 g/mol. The smallest absolute Gasteiger partial charge is 0.160 e. The molecule has 1 aliphatic heterocycles. The van der Waals surface area contributed by atoms with Crippen LogP contribution in [-0.2, 0) is 6.42 Å². The molecule has 0 atom stereocenters. The van der Waals surface area contributed by atoms with Crippen molar-refractivity contribution < 1.29 is 9.84 Å². The van der Waals surface area contributed by atoms with E-state index in [4.69, 9.17) is 4.74 Å². The Hall–Kier alpha value is -2.00. The van der Waals surface area contributed by atoms with Gasteiger partial charge in [-0.3, -0.25) is 4.90 Å². The average Bonchev–Trinajstić information content (AvgIpc) is 2.59. The minimum Gasteiger partial charge on any atom is -0.504 e. The van der Waals surface area contributed by atoms with Crippen LogP contribution in [0.1, 0.15) is 18.4 Å². The van der Waals surface area contributed by atoms with E-state index in [1.165, 1.54) is 24.8 Å². The second-order valence-corrected chi connectivity index (χ2v) is 6.29. The number of hydrogen-bond acceptors (Lipinski definition) is 3. The molecular weight excluding hydrogens is 286 g/mol. The number of benzene rings is 2. The summed E-state index contributed by atoms with van der Waals surface area (Å²) in [4.78, 5) is 2.46. The summed E-state index contributed by atoms with van der Waals surface area (Å²) in [7, 11) is 0. The second kappa shape index (κ2) is 8.02. The van der Waals surface area contributed by atoms with E-state index < -0.39 is 0 Å². The molecular formula is C20H25NO2. The highest BCUT2D eigenvalue weighted by Gasteiger charge is 2.19. The number of rotatable bonds is 6. The van der Waals surface area contributed by atoms with Crippen LogP contribution in [0.3, 0.4) is 0 Å². The topological polar surface area (TPSA) is 32.7 Å². The van der Waals surface area contributed by atoms with Gasteiger partial charge in [-0.2, -0.15) is 0 Å². The molecule has 23 heavy (non-hydrogen) atoms. The Morgan fingerprint density at radius 1 is 0.957 bits per heavy atom. The van der Waals surface area contributed by atoms with Gasteiger partial charge in [0.1, 0.15) is 6.61 Å². The summed E-state index contributed by atoms with van der Waals surface area (Å²) < 4.78 is 5.67. The maximum atomic E-state index is 9.68. The summed E-state index contributed by atoms with van der Waals surface area (Å²) in [5, 5.41) is 9.68. The van der Waals surface area contributed by atoms with Gasteiger partial charge in [0.25, 0.3) is 0 Å². The van der Waals surface area contributed by atoms with Crippen LogP contribution < -0.4 is 4.74 Å². The quantitative estimate of drug-likeness (QED) is 0.882. The monoisotopic (exact) mass is 311 g/mol. The summed E-state index contributed by atoms with van der Waals surface area (Å²) in [6.45, 7) is 3.83. The highest BCUT2D eigenvalue weighted by atomic mass is 16.5. The molecule has 0 amide bonds. The van der Waals surface area contributed by atoms with Crippen molar-refractivity contribution in [3.05, 3.63) is 60.2 Å². The zero-order valence-corrected chi connectivity index (χ0v) is 13.5. The minimum atomic E-state index is 0.217. The van der Waals surface area contributed by atoms with Gasteiger partial charge < -0.3 is 9.84 Å². The van der Waals surface area contributed by atoms with Gasteiger partial charge in [-0.25, -0.2) is 0 Å². The lowest BCUT2D eigenvalue weighted by Crippen LogP contribution is -2.37. The van der Waals surface area contributed by atoms with Gasteiger partial charge in [-0.1, -0.05) is 42.5 Å². The van der Waals surface area contributed by atoms with Crippen molar-refractivity contribution >= 4 is 0 Å². The number of phenolic OH excluding ortho intramolecular Hbond substituents is 1. The van der Waals surface area contributed by atoms with E-state index >= 15 is 0 Å². The summed E-state index contributed by atoms with van der Waals surface area (Å²) in [6.07, 6.45) is 3.71. The van der Waals surface area contributed by atoms with Gasteiger partial charge in [0.2, 0.25) is 0 Å². The van der Waals surface area contributed by atoms with Crippen LogP contribution >= 0.6 is 0 Å². The molecule has 0 aromatic heterocycles. The van der Waals surface area contributed by atoms with Gasteiger partial charge in [0.15, 0.2) is 11.5 Å². The minimum absolute atomic E-state index is 0.217. The third-order valence-electron chi connectivity index (χ3n) is 4.60. The van der Waals surface area contributed by atoms with Gasteiger partial charge in [-0.05, 0) is 56.0 Å². The normalized spacial score (nSPS) is 16.3. The molecule has 122 valence electrons. The molecule has 0 aliphatic carbocycles. The molecule has 2 aromatic carbocycles.